The fraction of sp³-hybridized carbons (Fsp3) is 0.122. The summed E-state index contributed by atoms with van der Waals surface area (Å²) in [4.78, 5) is 46.8. The Bertz CT molecular complexity index is 2530. The molecule has 326 valence electrons. The molecule has 12 nitrogen and oxygen atoms in total. The van der Waals surface area contributed by atoms with E-state index in [-0.39, 0.29) is 0 Å². The van der Waals surface area contributed by atoms with Crippen molar-refractivity contribution in [2.75, 3.05) is 6.61 Å². The van der Waals surface area contributed by atoms with Gasteiger partial charge in [-0.2, -0.15) is 17.2 Å². The van der Waals surface area contributed by atoms with Crippen molar-refractivity contribution < 1.29 is 55.8 Å². The molecule has 0 spiro atoms. The molecule has 7 aromatic carbocycles. The lowest BCUT2D eigenvalue weighted by molar-refractivity contribution is -0.415. The molecule has 0 saturated carbocycles. The number of non-ortho nitro benzene ring substituents is 1. The molecule has 2 atom stereocenters. The van der Waals surface area contributed by atoms with E-state index in [0.29, 0.717) is 45.5 Å². The third kappa shape index (κ3) is 9.35. The topological polar surface area (TPSA) is 161 Å². The van der Waals surface area contributed by atoms with Crippen LogP contribution in [0.25, 0.3) is 0 Å². The Morgan fingerprint density at radius 3 is 1.22 bits per heavy atom. The molecule has 0 aliphatic heterocycles. The van der Waals surface area contributed by atoms with Gasteiger partial charge in [-0.05, 0) is 45.5 Å². The molecule has 0 unspecified atom stereocenters. The van der Waals surface area contributed by atoms with Crippen LogP contribution >= 0.6 is 0 Å². The normalized spacial score (nSPS) is 13.1. The number of hydrogen-bond donors (Lipinski definition) is 1. The van der Waals surface area contributed by atoms with Crippen LogP contribution in [0.3, 0.4) is 0 Å². The number of nitro benzene ring substituents is 1. The smallest absolute Gasteiger partial charge is 0.387 e. The number of carbonyl (C=O) groups excluding carboxylic acids is 1. The van der Waals surface area contributed by atoms with Crippen molar-refractivity contribution >= 4 is 21.8 Å². The molecule has 0 aliphatic carbocycles. The largest absolute Gasteiger partial charge is 0.395 e. The van der Waals surface area contributed by atoms with Gasteiger partial charge in [0.1, 0.15) is 17.6 Å². The molecule has 1 N–H and O–H groups in total. The summed E-state index contributed by atoms with van der Waals surface area (Å²) in [6.45, 7) is -1.12. The number of benzene rings is 7. The lowest BCUT2D eigenvalue weighted by Gasteiger charge is -2.37. The molecule has 0 radical (unpaired) electrons. The Balaban J connectivity index is 1.28. The summed E-state index contributed by atoms with van der Waals surface area (Å²) in [5.41, 5.74) is -1.11. The highest BCUT2D eigenvalue weighted by Gasteiger charge is 2.57. The highest BCUT2D eigenvalue weighted by atomic mass is 32.2. The molecule has 0 amide bonds. The Morgan fingerprint density at radius 1 is 0.562 bits per heavy atom. The van der Waals surface area contributed by atoms with E-state index in [9.17, 15) is 28.4 Å². The number of nitrogens with zero attached hydrogens (tertiary/aromatic N) is 1. The Morgan fingerprint density at radius 2 is 0.891 bits per heavy atom. The molecule has 0 fully saturated rings. The van der Waals surface area contributed by atoms with E-state index >= 15 is 8.78 Å². The first kappa shape index (κ1) is 45.1. The second kappa shape index (κ2) is 19.6. The number of rotatable bonds is 19. The molecule has 7 rings (SSSR count). The van der Waals surface area contributed by atoms with Crippen LogP contribution in [0.15, 0.2) is 211 Å². The van der Waals surface area contributed by atoms with Crippen LogP contribution in [0, 0.1) is 10.1 Å². The molecule has 15 heteroatoms. The maximum atomic E-state index is 16.9. The highest BCUT2D eigenvalue weighted by Crippen LogP contribution is 2.43. The van der Waals surface area contributed by atoms with Crippen molar-refractivity contribution in [3.05, 3.63) is 250 Å². The number of halogens is 2. The molecular formula is C49H39F2NO11S. The average molecular weight is 888 g/mol. The summed E-state index contributed by atoms with van der Waals surface area (Å²) in [7, 11) is -5.33. The van der Waals surface area contributed by atoms with Crippen LogP contribution < -0.4 is 0 Å². The first-order valence-electron chi connectivity index (χ1n) is 19.7. The minimum Gasteiger partial charge on any atom is -0.387 e. The van der Waals surface area contributed by atoms with E-state index in [2.05, 4.69) is 4.18 Å². The van der Waals surface area contributed by atoms with Crippen LogP contribution in [0.1, 0.15) is 33.4 Å². The van der Waals surface area contributed by atoms with E-state index in [1.54, 1.807) is 182 Å². The van der Waals surface area contributed by atoms with Crippen molar-refractivity contribution in [2.24, 2.45) is 0 Å². The van der Waals surface area contributed by atoms with Crippen molar-refractivity contribution in [3.8, 4) is 0 Å². The van der Waals surface area contributed by atoms with Gasteiger partial charge in [0.15, 0.2) is 17.3 Å². The third-order valence-electron chi connectivity index (χ3n) is 10.3. The Hall–Kier alpha value is -6.98. The quantitative estimate of drug-likeness (QED) is 0.0271. The van der Waals surface area contributed by atoms with E-state index in [4.69, 9.17) is 19.6 Å². The Labute approximate surface area is 367 Å². The van der Waals surface area contributed by atoms with Gasteiger partial charge < -0.3 is 9.29 Å². The van der Waals surface area contributed by atoms with Crippen LogP contribution in [-0.4, -0.2) is 49.2 Å². The van der Waals surface area contributed by atoms with E-state index < -0.39 is 67.5 Å². The molecule has 0 bridgehead atoms. The standard InChI is InChI=1S/C49H39F2NO11S/c50-49(51,46(54)61-64(57,58)43-33-31-42(32-34-43)52(55)56)45(60-63-48(39-25-13-4-14-26-39,40-27-15-5-16-28-40)41-29-17-6-18-30-41)44(53)35-59-62-47(36-19-7-1-8-20-36,37-21-9-2-10-22-37)38-23-11-3-12-24-38/h1-34,44-45,53H,35H2/t44-,45+/m0/s1. The highest BCUT2D eigenvalue weighted by molar-refractivity contribution is 7.87. The van der Waals surface area contributed by atoms with E-state index in [1.807, 2.05) is 0 Å². The zero-order chi connectivity index (χ0) is 45.2. The maximum Gasteiger partial charge on any atom is 0.395 e. The van der Waals surface area contributed by atoms with Gasteiger partial charge in [0, 0.05) is 12.1 Å². The van der Waals surface area contributed by atoms with Gasteiger partial charge in [0.05, 0.1) is 4.92 Å². The molecule has 0 saturated heterocycles. The number of alkyl halides is 2. The lowest BCUT2D eigenvalue weighted by Crippen LogP contribution is -2.53. The predicted octanol–water partition coefficient (Wildman–Crippen LogP) is 9.07. The van der Waals surface area contributed by atoms with E-state index in [0.717, 1.165) is 12.1 Å². The molecule has 0 heterocycles. The van der Waals surface area contributed by atoms with Crippen molar-refractivity contribution in [3.63, 3.8) is 0 Å². The summed E-state index contributed by atoms with van der Waals surface area (Å²) < 4.78 is 64.6. The lowest BCUT2D eigenvalue weighted by atomic mass is 9.80. The second-order valence-electron chi connectivity index (χ2n) is 14.3. The molecule has 7 aromatic rings. The van der Waals surface area contributed by atoms with Crippen LogP contribution in [-0.2, 0) is 49.8 Å². The zero-order valence-electron chi connectivity index (χ0n) is 33.6. The summed E-state index contributed by atoms with van der Waals surface area (Å²) in [5.74, 6) is -7.70. The van der Waals surface area contributed by atoms with Gasteiger partial charge in [-0.3, -0.25) is 10.1 Å². The van der Waals surface area contributed by atoms with Crippen LogP contribution in [0.2, 0.25) is 0 Å². The maximum absolute atomic E-state index is 16.9. The third-order valence-corrected chi connectivity index (χ3v) is 11.5. The van der Waals surface area contributed by atoms with Gasteiger partial charge in [-0.1, -0.05) is 182 Å². The number of aliphatic hydroxyl groups excluding tert-OH is 1. The number of aliphatic hydroxyl groups is 1. The van der Waals surface area contributed by atoms with Gasteiger partial charge in [-0.15, -0.1) is 0 Å². The number of carbonyl (C=O) groups is 1. The first-order chi connectivity index (χ1) is 30.9. The predicted molar refractivity (Wildman–Crippen MR) is 229 cm³/mol. The summed E-state index contributed by atoms with van der Waals surface area (Å²) >= 11 is 0. The molecular weight excluding hydrogens is 849 g/mol. The number of nitro groups is 1. The van der Waals surface area contributed by atoms with E-state index in [1.165, 1.54) is 0 Å². The monoisotopic (exact) mass is 887 g/mol. The zero-order valence-corrected chi connectivity index (χ0v) is 34.4. The van der Waals surface area contributed by atoms with Crippen molar-refractivity contribution in [1.82, 2.24) is 0 Å². The average Bonchev–Trinajstić information content (AvgIpc) is 3.33. The summed E-state index contributed by atoms with van der Waals surface area (Å²) in [6.07, 6.45) is -5.59. The molecule has 0 aromatic heterocycles. The second-order valence-corrected chi connectivity index (χ2v) is 15.8. The minimum absolute atomic E-state index is 0.380. The summed E-state index contributed by atoms with van der Waals surface area (Å²) in [6, 6.07) is 54.8. The molecule has 64 heavy (non-hydrogen) atoms. The van der Waals surface area contributed by atoms with Gasteiger partial charge in [-0.25, -0.2) is 24.3 Å². The Kier molecular flexibility index (Phi) is 13.8. The van der Waals surface area contributed by atoms with Gasteiger partial charge >= 0.3 is 22.0 Å². The van der Waals surface area contributed by atoms with Crippen molar-refractivity contribution in [1.29, 1.82) is 0 Å². The van der Waals surface area contributed by atoms with Crippen molar-refractivity contribution in [2.45, 2.75) is 34.2 Å². The fourth-order valence-electron chi connectivity index (χ4n) is 7.15. The first-order valence-corrected chi connectivity index (χ1v) is 21.1. The summed E-state index contributed by atoms with van der Waals surface area (Å²) in [5, 5.41) is 23.0. The minimum atomic E-state index is -5.33. The van der Waals surface area contributed by atoms with Crippen LogP contribution in [0.4, 0.5) is 14.5 Å². The van der Waals surface area contributed by atoms with Gasteiger partial charge in [0.25, 0.3) is 5.69 Å². The molecule has 0 aliphatic rings. The van der Waals surface area contributed by atoms with Gasteiger partial charge in [0.2, 0.25) is 0 Å². The number of hydrogen-bond acceptors (Lipinski definition) is 11. The fourth-order valence-corrected chi connectivity index (χ4v) is 8.03. The SMILES string of the molecule is O=C(OS(=O)(=O)c1ccc([N+](=O)[O-])cc1)C(F)(F)[C@H](OOC(c1ccccc1)(c1ccccc1)c1ccccc1)[C@@H](O)COOC(c1ccccc1)(c1ccccc1)c1ccccc1. The van der Waals surface area contributed by atoms with Crippen LogP contribution in [0.5, 0.6) is 0 Å².